The molecule has 2 rings (SSSR count). The second-order valence-electron chi connectivity index (χ2n) is 5.60. The number of nitrogens with zero attached hydrogens (tertiary/aromatic N) is 2. The van der Waals surface area contributed by atoms with Crippen molar-refractivity contribution in [1.82, 2.24) is 9.80 Å². The lowest BCUT2D eigenvalue weighted by Gasteiger charge is -2.36. The third-order valence-corrected chi connectivity index (χ3v) is 3.81. The van der Waals surface area contributed by atoms with Crippen molar-refractivity contribution in [2.75, 3.05) is 26.2 Å². The molecule has 2 nitrogen and oxygen atoms in total. The molecule has 0 aromatic carbocycles. The molecule has 0 aliphatic carbocycles. The largest absolute Gasteiger partial charge is 0.288 e. The van der Waals surface area contributed by atoms with E-state index in [0.717, 1.165) is 12.1 Å². The molecular weight excluding hydrogens is 184 g/mol. The molecule has 2 aliphatic heterocycles. The molecule has 0 bridgehead atoms. The van der Waals surface area contributed by atoms with Gasteiger partial charge in [0.25, 0.3) is 0 Å². The van der Waals surface area contributed by atoms with E-state index in [1.54, 1.807) is 0 Å². The molecule has 15 heavy (non-hydrogen) atoms. The summed E-state index contributed by atoms with van der Waals surface area (Å²) in [5.41, 5.74) is 0. The van der Waals surface area contributed by atoms with Crippen LogP contribution in [0.3, 0.4) is 0 Å². The molecular formula is C13H26N2. The van der Waals surface area contributed by atoms with Crippen LogP contribution in [0.1, 0.15) is 46.0 Å². The highest BCUT2D eigenvalue weighted by atomic mass is 15.4. The summed E-state index contributed by atoms with van der Waals surface area (Å²) in [6, 6.07) is 0. The van der Waals surface area contributed by atoms with Gasteiger partial charge in [-0.2, -0.15) is 0 Å². The average Bonchev–Trinajstić information content (AvgIpc) is 2.87. The summed E-state index contributed by atoms with van der Waals surface area (Å²) in [7, 11) is 0. The van der Waals surface area contributed by atoms with E-state index >= 15 is 0 Å². The summed E-state index contributed by atoms with van der Waals surface area (Å²) in [6.07, 6.45) is 7.80. The molecule has 2 fully saturated rings. The normalized spacial score (nSPS) is 24.8. The zero-order valence-corrected chi connectivity index (χ0v) is 10.4. The minimum absolute atomic E-state index is 0.759. The fraction of sp³-hybridized carbons (Fsp3) is 1.00. The van der Waals surface area contributed by atoms with Gasteiger partial charge in [0.1, 0.15) is 0 Å². The van der Waals surface area contributed by atoms with E-state index in [-0.39, 0.29) is 0 Å². The predicted molar refractivity (Wildman–Crippen MR) is 64.9 cm³/mol. The monoisotopic (exact) mass is 210 g/mol. The molecule has 0 atom stereocenters. The Hall–Kier alpha value is -0.0800. The van der Waals surface area contributed by atoms with E-state index in [1.807, 2.05) is 0 Å². The summed E-state index contributed by atoms with van der Waals surface area (Å²) >= 11 is 0. The van der Waals surface area contributed by atoms with Gasteiger partial charge < -0.3 is 0 Å². The fourth-order valence-corrected chi connectivity index (χ4v) is 3.03. The Morgan fingerprint density at radius 3 is 1.53 bits per heavy atom. The lowest BCUT2D eigenvalue weighted by Crippen LogP contribution is -2.46. The van der Waals surface area contributed by atoms with Crippen molar-refractivity contribution >= 4 is 0 Å². The SMILES string of the molecule is CC(C)CC(N1CCCC1)N1CCCC1. The van der Waals surface area contributed by atoms with Crippen molar-refractivity contribution in [3.8, 4) is 0 Å². The second kappa shape index (κ2) is 5.31. The van der Waals surface area contributed by atoms with Crippen LogP contribution < -0.4 is 0 Å². The first-order valence-electron chi connectivity index (χ1n) is 6.75. The maximum absolute atomic E-state index is 2.73. The Morgan fingerprint density at radius 1 is 0.800 bits per heavy atom. The molecule has 2 heteroatoms. The molecule has 0 N–H and O–H groups in total. The van der Waals surface area contributed by atoms with E-state index < -0.39 is 0 Å². The Bertz CT molecular complexity index is 163. The molecule has 0 radical (unpaired) electrons. The summed E-state index contributed by atoms with van der Waals surface area (Å²) in [5.74, 6) is 0.830. The van der Waals surface area contributed by atoms with Gasteiger partial charge in [-0.15, -0.1) is 0 Å². The van der Waals surface area contributed by atoms with Crippen LogP contribution in [0.5, 0.6) is 0 Å². The lowest BCUT2D eigenvalue weighted by atomic mass is 10.1. The van der Waals surface area contributed by atoms with Crippen molar-refractivity contribution in [3.63, 3.8) is 0 Å². The van der Waals surface area contributed by atoms with E-state index in [9.17, 15) is 0 Å². The third-order valence-electron chi connectivity index (χ3n) is 3.81. The second-order valence-corrected chi connectivity index (χ2v) is 5.60. The van der Waals surface area contributed by atoms with Gasteiger partial charge in [0.2, 0.25) is 0 Å². The van der Waals surface area contributed by atoms with E-state index in [4.69, 9.17) is 0 Å². The Morgan fingerprint density at radius 2 is 1.20 bits per heavy atom. The van der Waals surface area contributed by atoms with E-state index in [2.05, 4.69) is 23.6 Å². The number of hydrogen-bond acceptors (Lipinski definition) is 2. The number of likely N-dealkylation sites (tertiary alicyclic amines) is 2. The molecule has 0 aromatic heterocycles. The van der Waals surface area contributed by atoms with Gasteiger partial charge in [0.15, 0.2) is 0 Å². The van der Waals surface area contributed by atoms with Gasteiger partial charge in [-0.25, -0.2) is 0 Å². The first-order valence-corrected chi connectivity index (χ1v) is 6.75. The highest BCUT2D eigenvalue weighted by Gasteiger charge is 2.29. The maximum Gasteiger partial charge on any atom is 0.0624 e. The molecule has 0 aromatic rings. The van der Waals surface area contributed by atoms with Crippen LogP contribution in [0.2, 0.25) is 0 Å². The topological polar surface area (TPSA) is 6.48 Å². The Labute approximate surface area is 94.6 Å². The van der Waals surface area contributed by atoms with E-state index in [0.29, 0.717) is 0 Å². The zero-order chi connectivity index (χ0) is 10.7. The highest BCUT2D eigenvalue weighted by molar-refractivity contribution is 4.81. The van der Waals surface area contributed by atoms with Crippen LogP contribution in [0.25, 0.3) is 0 Å². The minimum Gasteiger partial charge on any atom is -0.288 e. The Kier molecular flexibility index (Phi) is 4.04. The summed E-state index contributed by atoms with van der Waals surface area (Å²) < 4.78 is 0. The fourth-order valence-electron chi connectivity index (χ4n) is 3.03. The minimum atomic E-state index is 0.759. The van der Waals surface area contributed by atoms with Crippen molar-refractivity contribution in [1.29, 1.82) is 0 Å². The van der Waals surface area contributed by atoms with Gasteiger partial charge in [-0.1, -0.05) is 13.8 Å². The molecule has 2 heterocycles. The Balaban J connectivity index is 1.94. The molecule has 0 saturated carbocycles. The predicted octanol–water partition coefficient (Wildman–Crippen LogP) is 2.55. The lowest BCUT2D eigenvalue weighted by molar-refractivity contribution is 0.0618. The van der Waals surface area contributed by atoms with Crippen LogP contribution in [0, 0.1) is 5.92 Å². The smallest absolute Gasteiger partial charge is 0.0624 e. The van der Waals surface area contributed by atoms with Crippen molar-refractivity contribution in [3.05, 3.63) is 0 Å². The van der Waals surface area contributed by atoms with Gasteiger partial charge >= 0.3 is 0 Å². The first kappa shape index (κ1) is 11.4. The van der Waals surface area contributed by atoms with Crippen LogP contribution in [0.4, 0.5) is 0 Å². The number of hydrogen-bond donors (Lipinski definition) is 0. The van der Waals surface area contributed by atoms with Crippen LogP contribution in [-0.4, -0.2) is 42.1 Å². The van der Waals surface area contributed by atoms with Gasteiger partial charge in [0, 0.05) is 0 Å². The molecule has 0 spiro atoms. The van der Waals surface area contributed by atoms with Gasteiger partial charge in [0.05, 0.1) is 6.17 Å². The maximum atomic E-state index is 2.73. The van der Waals surface area contributed by atoms with Crippen LogP contribution >= 0.6 is 0 Å². The molecule has 88 valence electrons. The van der Waals surface area contributed by atoms with Crippen LogP contribution in [-0.2, 0) is 0 Å². The van der Waals surface area contributed by atoms with Gasteiger partial charge in [-0.3, -0.25) is 9.80 Å². The average molecular weight is 210 g/mol. The van der Waals surface area contributed by atoms with E-state index in [1.165, 1.54) is 58.3 Å². The quantitative estimate of drug-likeness (QED) is 0.703. The summed E-state index contributed by atoms with van der Waals surface area (Å²) in [6.45, 7) is 10.1. The van der Waals surface area contributed by atoms with Crippen LogP contribution in [0.15, 0.2) is 0 Å². The van der Waals surface area contributed by atoms with Crippen molar-refractivity contribution < 1.29 is 0 Å². The standard InChI is InChI=1S/C13H26N2/c1-12(2)11-13(14-7-3-4-8-14)15-9-5-6-10-15/h12-13H,3-11H2,1-2H3. The molecule has 2 aliphatic rings. The first-order chi connectivity index (χ1) is 7.27. The molecule has 0 unspecified atom stereocenters. The highest BCUT2D eigenvalue weighted by Crippen LogP contribution is 2.23. The van der Waals surface area contributed by atoms with Gasteiger partial charge in [-0.05, 0) is 64.2 Å². The molecule has 2 saturated heterocycles. The summed E-state index contributed by atoms with van der Waals surface area (Å²) in [5, 5.41) is 0. The summed E-state index contributed by atoms with van der Waals surface area (Å²) in [4.78, 5) is 5.46. The van der Waals surface area contributed by atoms with Crippen molar-refractivity contribution in [2.24, 2.45) is 5.92 Å². The number of rotatable bonds is 4. The molecule has 0 amide bonds. The van der Waals surface area contributed by atoms with Crippen molar-refractivity contribution in [2.45, 2.75) is 52.1 Å². The third kappa shape index (κ3) is 2.94. The zero-order valence-electron chi connectivity index (χ0n) is 10.4.